The molecule has 0 aliphatic carbocycles. The number of pyridine rings is 1. The number of benzene rings is 2. The van der Waals surface area contributed by atoms with Crippen molar-refractivity contribution in [1.29, 1.82) is 0 Å². The number of unbranched alkanes of at least 4 members (excludes halogenated alkanes) is 1. The highest BCUT2D eigenvalue weighted by Gasteiger charge is 2.46. The van der Waals surface area contributed by atoms with Gasteiger partial charge in [-0.15, -0.1) is 0 Å². The Labute approximate surface area is 257 Å². The maximum atomic E-state index is 13.2. The maximum absolute atomic E-state index is 13.2. The van der Waals surface area contributed by atoms with Crippen molar-refractivity contribution < 1.29 is 37.9 Å². The highest BCUT2D eigenvalue weighted by Crippen LogP contribution is 2.34. The summed E-state index contributed by atoms with van der Waals surface area (Å²) in [4.78, 5) is 67.9. The lowest BCUT2D eigenvalue weighted by Crippen LogP contribution is -2.54. The average Bonchev–Trinajstić information content (AvgIpc) is 3.58. The van der Waals surface area contributed by atoms with Gasteiger partial charge < -0.3 is 19.2 Å². The third-order valence-corrected chi connectivity index (χ3v) is 7.66. The quantitative estimate of drug-likeness (QED) is 0.181. The number of hydrogen-bond donors (Lipinski definition) is 2. The van der Waals surface area contributed by atoms with Crippen LogP contribution < -0.4 is 15.4 Å². The molecule has 12 heteroatoms. The highest BCUT2D eigenvalue weighted by molar-refractivity contribution is 6.24. The van der Waals surface area contributed by atoms with Crippen LogP contribution in [0.1, 0.15) is 63.8 Å². The molecule has 1 fully saturated rings. The highest BCUT2D eigenvalue weighted by atomic mass is 16.5. The molecular weight excluding hydrogens is 580 g/mol. The molecule has 4 heterocycles. The second kappa shape index (κ2) is 13.1. The Hall–Kier alpha value is -5.36. The van der Waals surface area contributed by atoms with Crippen LogP contribution in [0.15, 0.2) is 77.5 Å². The van der Waals surface area contributed by atoms with Gasteiger partial charge in [-0.25, -0.2) is 0 Å². The van der Waals surface area contributed by atoms with E-state index in [0.29, 0.717) is 25.2 Å². The van der Waals surface area contributed by atoms with Crippen LogP contribution in [0.5, 0.6) is 5.75 Å². The first kappa shape index (κ1) is 29.7. The number of imide groups is 2. The Morgan fingerprint density at radius 2 is 1.87 bits per heavy atom. The lowest BCUT2D eigenvalue weighted by atomic mass is 10.0. The number of aromatic nitrogens is 1. The van der Waals surface area contributed by atoms with Crippen LogP contribution in [0.3, 0.4) is 0 Å². The van der Waals surface area contributed by atoms with Gasteiger partial charge in [0.15, 0.2) is 0 Å². The molecule has 230 valence electrons. The molecule has 12 nitrogen and oxygen atoms in total. The molecule has 5 amide bonds. The van der Waals surface area contributed by atoms with Crippen molar-refractivity contribution >= 4 is 40.5 Å². The fourth-order valence-corrected chi connectivity index (χ4v) is 5.47. The molecular formula is C33H30N4O8. The second-order valence-corrected chi connectivity index (χ2v) is 10.7. The molecule has 0 spiro atoms. The Bertz CT molecular complexity index is 1740. The smallest absolute Gasteiger partial charge is 0.266 e. The maximum Gasteiger partial charge on any atom is 0.266 e. The van der Waals surface area contributed by atoms with E-state index in [4.69, 9.17) is 13.9 Å². The topological polar surface area (TPSA) is 157 Å². The molecule has 2 aromatic heterocycles. The van der Waals surface area contributed by atoms with E-state index in [1.165, 1.54) is 6.07 Å². The third kappa shape index (κ3) is 6.31. The van der Waals surface area contributed by atoms with Crippen LogP contribution in [-0.2, 0) is 19.1 Å². The number of fused-ring (bicyclic) bond motifs is 2. The van der Waals surface area contributed by atoms with Gasteiger partial charge in [-0.2, -0.15) is 0 Å². The predicted molar refractivity (Wildman–Crippen MR) is 159 cm³/mol. The Balaban J connectivity index is 0.978. The number of carbonyl (C=O) groups is 5. The van der Waals surface area contributed by atoms with E-state index in [-0.39, 0.29) is 48.8 Å². The molecule has 0 radical (unpaired) electrons. The third-order valence-electron chi connectivity index (χ3n) is 7.66. The summed E-state index contributed by atoms with van der Waals surface area (Å²) in [6.45, 7) is 0.379. The largest absolute Gasteiger partial charge is 0.493 e. The first-order valence-corrected chi connectivity index (χ1v) is 14.6. The number of carbonyl (C=O) groups excluding carboxylic acids is 5. The number of amides is 5. The van der Waals surface area contributed by atoms with Crippen LogP contribution in [0.25, 0.3) is 11.0 Å². The van der Waals surface area contributed by atoms with Gasteiger partial charge in [0, 0.05) is 36.4 Å². The van der Waals surface area contributed by atoms with Gasteiger partial charge in [0.1, 0.15) is 35.8 Å². The molecule has 1 saturated heterocycles. The van der Waals surface area contributed by atoms with Crippen molar-refractivity contribution in [3.8, 4) is 5.75 Å². The van der Waals surface area contributed by atoms with Crippen molar-refractivity contribution in [2.45, 2.75) is 37.8 Å². The minimum absolute atomic E-state index is 0.0449. The number of nitrogens with one attached hydrogen (secondary N) is 2. The molecule has 6 rings (SSSR count). The van der Waals surface area contributed by atoms with E-state index in [9.17, 15) is 24.0 Å². The molecule has 2 N–H and O–H groups in total. The standard InChI is InChI=1S/C33H30N4O8/c38-27-13-12-23(31(40)36-27)37-32(41)22-9-5-11-25(29(22)33(37)42)44-16-4-3-15-43-19-28(39)35-30(21-8-6-14-34-18-21)26-17-20-7-1-2-10-24(20)45-26/h1-2,5-11,14,17-18,23,30H,3-4,12-13,15-16,19H2,(H,35,39)(H,36,38,40). The Morgan fingerprint density at radius 1 is 1.02 bits per heavy atom. The van der Waals surface area contributed by atoms with Crippen LogP contribution in [-0.4, -0.2) is 65.3 Å². The molecule has 2 aliphatic heterocycles. The summed E-state index contributed by atoms with van der Waals surface area (Å²) in [5.74, 6) is -1.80. The molecule has 2 unspecified atom stereocenters. The monoisotopic (exact) mass is 610 g/mol. The summed E-state index contributed by atoms with van der Waals surface area (Å²) in [6.07, 6.45) is 4.59. The lowest BCUT2D eigenvalue weighted by Gasteiger charge is -2.27. The number of piperidine rings is 1. The lowest BCUT2D eigenvalue weighted by molar-refractivity contribution is -0.136. The zero-order valence-electron chi connectivity index (χ0n) is 24.2. The van der Waals surface area contributed by atoms with Crippen molar-refractivity contribution in [2.75, 3.05) is 19.8 Å². The van der Waals surface area contributed by atoms with E-state index >= 15 is 0 Å². The minimum Gasteiger partial charge on any atom is -0.493 e. The van der Waals surface area contributed by atoms with Gasteiger partial charge in [-0.05, 0) is 49.6 Å². The van der Waals surface area contributed by atoms with Crippen molar-refractivity contribution in [2.24, 2.45) is 0 Å². The number of para-hydroxylation sites is 1. The van der Waals surface area contributed by atoms with Gasteiger partial charge >= 0.3 is 0 Å². The fraction of sp³-hybridized carbons (Fsp3) is 0.273. The second-order valence-electron chi connectivity index (χ2n) is 10.7. The van der Waals surface area contributed by atoms with Crippen LogP contribution in [0.2, 0.25) is 0 Å². The van der Waals surface area contributed by atoms with Gasteiger partial charge in [0.25, 0.3) is 11.8 Å². The summed E-state index contributed by atoms with van der Waals surface area (Å²) in [7, 11) is 0. The van der Waals surface area contributed by atoms with E-state index in [1.807, 2.05) is 36.4 Å². The summed E-state index contributed by atoms with van der Waals surface area (Å²) in [6, 6.07) is 16.3. The van der Waals surface area contributed by atoms with E-state index < -0.39 is 35.7 Å². The predicted octanol–water partition coefficient (Wildman–Crippen LogP) is 3.31. The molecule has 2 atom stereocenters. The Morgan fingerprint density at radius 3 is 2.67 bits per heavy atom. The van der Waals surface area contributed by atoms with Crippen LogP contribution >= 0.6 is 0 Å². The summed E-state index contributed by atoms with van der Waals surface area (Å²) >= 11 is 0. The zero-order valence-corrected chi connectivity index (χ0v) is 24.2. The van der Waals surface area contributed by atoms with Crippen LogP contribution in [0, 0.1) is 0 Å². The van der Waals surface area contributed by atoms with Gasteiger partial charge in [-0.3, -0.25) is 39.2 Å². The Kier molecular flexibility index (Phi) is 8.65. The summed E-state index contributed by atoms with van der Waals surface area (Å²) in [5.41, 5.74) is 1.75. The summed E-state index contributed by atoms with van der Waals surface area (Å²) < 4.78 is 17.5. The van der Waals surface area contributed by atoms with E-state index in [1.54, 1.807) is 30.6 Å². The van der Waals surface area contributed by atoms with Gasteiger partial charge in [-0.1, -0.05) is 30.3 Å². The van der Waals surface area contributed by atoms with Crippen molar-refractivity contribution in [3.63, 3.8) is 0 Å². The fourth-order valence-electron chi connectivity index (χ4n) is 5.47. The molecule has 2 aromatic carbocycles. The number of rotatable bonds is 12. The van der Waals surface area contributed by atoms with E-state index in [2.05, 4.69) is 15.6 Å². The first-order chi connectivity index (χ1) is 21.9. The number of furan rings is 1. The molecule has 2 aliphatic rings. The number of nitrogens with zero attached hydrogens (tertiary/aromatic N) is 2. The first-order valence-electron chi connectivity index (χ1n) is 14.6. The molecule has 4 aromatic rings. The van der Waals surface area contributed by atoms with Crippen molar-refractivity contribution in [1.82, 2.24) is 20.5 Å². The normalized spacial score (nSPS) is 16.9. The van der Waals surface area contributed by atoms with Crippen LogP contribution in [0.4, 0.5) is 0 Å². The molecule has 0 saturated carbocycles. The minimum atomic E-state index is -1.05. The van der Waals surface area contributed by atoms with Gasteiger partial charge in [0.2, 0.25) is 17.7 Å². The average molecular weight is 611 g/mol. The number of ether oxygens (including phenoxy) is 2. The summed E-state index contributed by atoms with van der Waals surface area (Å²) in [5, 5.41) is 6.08. The van der Waals surface area contributed by atoms with E-state index in [0.717, 1.165) is 21.4 Å². The SMILES string of the molecule is O=C1CCC(N2C(=O)c3cccc(OCCCCOCC(=O)NC(c4cccnc4)c4cc5ccccc5o4)c3C2=O)C(=O)N1. The molecule has 0 bridgehead atoms. The van der Waals surface area contributed by atoms with Gasteiger partial charge in [0.05, 0.1) is 17.7 Å². The zero-order chi connectivity index (χ0) is 31.3. The van der Waals surface area contributed by atoms with Crippen molar-refractivity contribution in [3.05, 3.63) is 95.5 Å². The number of hydrogen-bond acceptors (Lipinski definition) is 9. The molecule has 45 heavy (non-hydrogen) atoms.